The van der Waals surface area contributed by atoms with E-state index in [2.05, 4.69) is 66.3 Å². The van der Waals surface area contributed by atoms with Gasteiger partial charge in [0, 0.05) is 48.4 Å². The first-order valence-corrected chi connectivity index (χ1v) is 10.9. The number of hydrogen-bond acceptors (Lipinski definition) is 4. The lowest BCUT2D eigenvalue weighted by molar-refractivity contribution is -0.126. The first-order chi connectivity index (χ1) is 14.4. The van der Waals surface area contributed by atoms with Crippen molar-refractivity contribution in [3.63, 3.8) is 0 Å². The zero-order valence-corrected chi connectivity index (χ0v) is 18.4. The van der Waals surface area contributed by atoms with Crippen molar-refractivity contribution >= 4 is 17.4 Å². The maximum Gasteiger partial charge on any atom is 0.223 e. The summed E-state index contributed by atoms with van der Waals surface area (Å²) in [6, 6.07) is 12.8. The largest absolute Gasteiger partial charge is 0.356 e. The van der Waals surface area contributed by atoms with E-state index in [1.165, 1.54) is 5.56 Å². The Hall–Kier alpha value is -2.89. The molecule has 2 aromatic heterocycles. The monoisotopic (exact) mass is 405 g/mol. The number of nitrogens with one attached hydrogen (secondary N) is 1. The van der Waals surface area contributed by atoms with Gasteiger partial charge in [-0.2, -0.15) is 9.61 Å². The van der Waals surface area contributed by atoms with Crippen LogP contribution in [0.4, 0.5) is 5.82 Å². The molecule has 1 fully saturated rings. The van der Waals surface area contributed by atoms with Gasteiger partial charge in [-0.15, -0.1) is 0 Å². The normalized spacial score (nSPS) is 16.1. The molecule has 1 aromatic carbocycles. The molecule has 0 aliphatic carbocycles. The van der Waals surface area contributed by atoms with E-state index in [4.69, 9.17) is 5.10 Å². The van der Waals surface area contributed by atoms with E-state index in [9.17, 15) is 4.79 Å². The quantitative estimate of drug-likeness (QED) is 0.693. The number of fused-ring (bicyclic) bond motifs is 1. The molecule has 3 heterocycles. The van der Waals surface area contributed by atoms with Gasteiger partial charge in [0.15, 0.2) is 5.65 Å². The first kappa shape index (κ1) is 20.4. The van der Waals surface area contributed by atoms with Crippen molar-refractivity contribution in [3.05, 3.63) is 47.7 Å². The molecule has 6 nitrogen and oxygen atoms in total. The van der Waals surface area contributed by atoms with Crippen molar-refractivity contribution in [1.29, 1.82) is 0 Å². The van der Waals surface area contributed by atoms with Crippen LogP contribution in [0.5, 0.6) is 0 Å². The zero-order valence-electron chi connectivity index (χ0n) is 18.4. The summed E-state index contributed by atoms with van der Waals surface area (Å²) in [5, 5.41) is 8.00. The molecule has 1 unspecified atom stereocenters. The summed E-state index contributed by atoms with van der Waals surface area (Å²) < 4.78 is 1.95. The first-order valence-electron chi connectivity index (χ1n) is 10.9. The van der Waals surface area contributed by atoms with Crippen LogP contribution in [0, 0.1) is 19.8 Å². The predicted octanol–water partition coefficient (Wildman–Crippen LogP) is 4.14. The summed E-state index contributed by atoms with van der Waals surface area (Å²) >= 11 is 0. The van der Waals surface area contributed by atoms with Gasteiger partial charge in [0.05, 0.1) is 5.69 Å². The number of hydrogen-bond donors (Lipinski definition) is 1. The lowest BCUT2D eigenvalue weighted by Crippen LogP contribution is -2.43. The molecule has 0 spiro atoms. The van der Waals surface area contributed by atoms with Gasteiger partial charge in [-0.05, 0) is 40.0 Å². The van der Waals surface area contributed by atoms with Gasteiger partial charge in [-0.25, -0.2) is 4.98 Å². The summed E-state index contributed by atoms with van der Waals surface area (Å²) in [7, 11) is 0. The molecule has 158 valence electrons. The van der Waals surface area contributed by atoms with Crippen LogP contribution in [0.1, 0.15) is 44.4 Å². The van der Waals surface area contributed by atoms with Gasteiger partial charge in [-0.1, -0.05) is 36.8 Å². The molecule has 0 radical (unpaired) electrons. The highest BCUT2D eigenvalue weighted by Crippen LogP contribution is 2.27. The second-order valence-corrected chi connectivity index (χ2v) is 8.50. The Kier molecular flexibility index (Phi) is 5.75. The van der Waals surface area contributed by atoms with E-state index in [1.54, 1.807) is 0 Å². The van der Waals surface area contributed by atoms with E-state index in [1.807, 2.05) is 17.5 Å². The topological polar surface area (TPSA) is 62.5 Å². The van der Waals surface area contributed by atoms with Crippen molar-refractivity contribution in [2.24, 2.45) is 5.92 Å². The summed E-state index contributed by atoms with van der Waals surface area (Å²) in [5.41, 5.74) is 5.09. The minimum Gasteiger partial charge on any atom is -0.356 e. The molecule has 0 saturated carbocycles. The summed E-state index contributed by atoms with van der Waals surface area (Å²) in [6.07, 6.45) is 2.68. The molecule has 0 bridgehead atoms. The van der Waals surface area contributed by atoms with Crippen molar-refractivity contribution in [2.75, 3.05) is 18.0 Å². The molecule has 30 heavy (non-hydrogen) atoms. The number of aromatic nitrogens is 3. The number of benzene rings is 1. The molecule has 1 aliphatic heterocycles. The number of nitrogens with zero attached hydrogens (tertiary/aromatic N) is 4. The highest BCUT2D eigenvalue weighted by molar-refractivity contribution is 5.79. The lowest BCUT2D eigenvalue weighted by atomic mass is 9.95. The molecule has 1 aliphatic rings. The van der Waals surface area contributed by atoms with E-state index >= 15 is 0 Å². The third-order valence-corrected chi connectivity index (χ3v) is 6.07. The Morgan fingerprint density at radius 1 is 1.17 bits per heavy atom. The van der Waals surface area contributed by atoms with Crippen LogP contribution in [0.3, 0.4) is 0 Å². The molecule has 1 N–H and O–H groups in total. The highest BCUT2D eigenvalue weighted by Gasteiger charge is 2.27. The smallest absolute Gasteiger partial charge is 0.223 e. The number of amides is 1. The highest BCUT2D eigenvalue weighted by atomic mass is 16.1. The molecule has 1 atom stereocenters. The molecule has 1 saturated heterocycles. The van der Waals surface area contributed by atoms with E-state index < -0.39 is 0 Å². The van der Waals surface area contributed by atoms with Crippen LogP contribution in [0.15, 0.2) is 36.4 Å². The Labute approximate surface area is 178 Å². The van der Waals surface area contributed by atoms with Gasteiger partial charge >= 0.3 is 0 Å². The van der Waals surface area contributed by atoms with E-state index in [0.717, 1.165) is 60.8 Å². The fourth-order valence-corrected chi connectivity index (χ4v) is 4.00. The van der Waals surface area contributed by atoms with Gasteiger partial charge in [-0.3, -0.25) is 4.79 Å². The van der Waals surface area contributed by atoms with Crippen LogP contribution in [0.2, 0.25) is 0 Å². The lowest BCUT2D eigenvalue weighted by Gasteiger charge is -2.33. The maximum atomic E-state index is 12.5. The van der Waals surface area contributed by atoms with Crippen LogP contribution >= 0.6 is 0 Å². The molecule has 4 rings (SSSR count). The van der Waals surface area contributed by atoms with Gasteiger partial charge in [0.25, 0.3) is 0 Å². The molecule has 6 heteroatoms. The van der Waals surface area contributed by atoms with Crippen LogP contribution < -0.4 is 10.2 Å². The number of anilines is 1. The maximum absolute atomic E-state index is 12.5. The second kappa shape index (κ2) is 8.46. The minimum absolute atomic E-state index is 0.0921. The fourth-order valence-electron chi connectivity index (χ4n) is 4.00. The van der Waals surface area contributed by atoms with Gasteiger partial charge < -0.3 is 10.2 Å². The van der Waals surface area contributed by atoms with E-state index in [0.29, 0.717) is 0 Å². The van der Waals surface area contributed by atoms with Crippen molar-refractivity contribution in [3.8, 4) is 11.3 Å². The van der Waals surface area contributed by atoms with Crippen molar-refractivity contribution in [1.82, 2.24) is 19.9 Å². The van der Waals surface area contributed by atoms with Crippen LogP contribution in [-0.2, 0) is 4.79 Å². The Morgan fingerprint density at radius 3 is 2.53 bits per heavy atom. The average molecular weight is 406 g/mol. The number of carbonyl (C=O) groups excluding carboxylic acids is 1. The average Bonchev–Trinajstić information content (AvgIpc) is 3.17. The summed E-state index contributed by atoms with van der Waals surface area (Å²) in [6.45, 7) is 9.96. The van der Waals surface area contributed by atoms with Gasteiger partial charge in [0.2, 0.25) is 5.91 Å². The second-order valence-electron chi connectivity index (χ2n) is 8.50. The summed E-state index contributed by atoms with van der Waals surface area (Å²) in [5.74, 6) is 1.34. The number of carbonyl (C=O) groups is 1. The summed E-state index contributed by atoms with van der Waals surface area (Å²) in [4.78, 5) is 19.5. The van der Waals surface area contributed by atoms with Crippen molar-refractivity contribution in [2.45, 2.75) is 53.0 Å². The Morgan fingerprint density at radius 2 is 1.87 bits per heavy atom. The fraction of sp³-hybridized carbons (Fsp3) is 0.458. The van der Waals surface area contributed by atoms with Crippen LogP contribution in [-0.4, -0.2) is 39.6 Å². The number of piperidine rings is 1. The van der Waals surface area contributed by atoms with Crippen LogP contribution in [0.25, 0.3) is 16.9 Å². The Balaban J connectivity index is 1.56. The predicted molar refractivity (Wildman–Crippen MR) is 121 cm³/mol. The van der Waals surface area contributed by atoms with Crippen molar-refractivity contribution < 1.29 is 4.79 Å². The Bertz CT molecular complexity index is 1030. The molecular formula is C24H31N5O. The standard InChI is InChI=1S/C24H31N5O/c1-5-17(3)26-24(30)20-10-12-28(13-11-20)23-14-18(4)25-22-15-21(27-29(22)23)19-8-6-16(2)7-9-19/h6-9,14-15,17,20H,5,10-13H2,1-4H3,(H,26,30). The molecule has 1 amide bonds. The molecular weight excluding hydrogens is 374 g/mol. The van der Waals surface area contributed by atoms with E-state index in [-0.39, 0.29) is 17.9 Å². The number of rotatable bonds is 5. The molecule has 3 aromatic rings. The third kappa shape index (κ3) is 4.18. The van der Waals surface area contributed by atoms with Gasteiger partial charge in [0.1, 0.15) is 5.82 Å². The minimum atomic E-state index is 0.0921. The SMILES string of the molecule is CCC(C)NC(=O)C1CCN(c2cc(C)nc3cc(-c4ccc(C)cc4)nn23)CC1. The zero-order chi connectivity index (χ0) is 21.3. The number of aryl methyl sites for hydroxylation is 2. The third-order valence-electron chi connectivity index (χ3n) is 6.07.